The minimum absolute atomic E-state index is 0.260. The molecular formula is C13H17N3S. The normalized spacial score (nSPS) is 12.5. The lowest BCUT2D eigenvalue weighted by Gasteiger charge is -2.15. The third kappa shape index (κ3) is 2.64. The second kappa shape index (κ2) is 4.84. The molecule has 0 amide bonds. The molecular weight excluding hydrogens is 230 g/mol. The second-order valence-electron chi connectivity index (χ2n) is 4.22. The molecule has 1 unspecified atom stereocenters. The summed E-state index contributed by atoms with van der Waals surface area (Å²) in [6.07, 6.45) is 3.43. The highest BCUT2D eigenvalue weighted by atomic mass is 32.1. The molecule has 1 N–H and O–H groups in total. The van der Waals surface area contributed by atoms with Gasteiger partial charge in [0, 0.05) is 22.1 Å². The Morgan fingerprint density at radius 1 is 1.18 bits per heavy atom. The Hall–Kier alpha value is -1.42. The minimum atomic E-state index is 0.260. The van der Waals surface area contributed by atoms with E-state index < -0.39 is 0 Å². The summed E-state index contributed by atoms with van der Waals surface area (Å²) >= 11 is 1.84. The molecule has 0 aromatic carbocycles. The average molecular weight is 247 g/mol. The van der Waals surface area contributed by atoms with E-state index in [0.717, 1.165) is 11.5 Å². The predicted octanol–water partition coefficient (Wildman–Crippen LogP) is 3.64. The van der Waals surface area contributed by atoms with Crippen molar-refractivity contribution >= 4 is 17.2 Å². The van der Waals surface area contributed by atoms with Gasteiger partial charge in [-0.05, 0) is 39.3 Å². The van der Waals surface area contributed by atoms with Gasteiger partial charge in [-0.25, -0.2) is 4.98 Å². The minimum Gasteiger partial charge on any atom is -0.362 e. The van der Waals surface area contributed by atoms with E-state index in [4.69, 9.17) is 0 Å². The molecule has 0 saturated heterocycles. The van der Waals surface area contributed by atoms with Gasteiger partial charge in [0.15, 0.2) is 0 Å². The van der Waals surface area contributed by atoms with Crippen LogP contribution in [0.15, 0.2) is 18.5 Å². The molecule has 1 atom stereocenters. The molecule has 3 nitrogen and oxygen atoms in total. The Kier molecular flexibility index (Phi) is 3.43. The van der Waals surface area contributed by atoms with E-state index in [0.29, 0.717) is 0 Å². The van der Waals surface area contributed by atoms with E-state index in [1.54, 1.807) is 12.4 Å². The maximum absolute atomic E-state index is 4.31. The van der Waals surface area contributed by atoms with Gasteiger partial charge >= 0.3 is 0 Å². The fourth-order valence-corrected chi connectivity index (χ4v) is 2.93. The monoisotopic (exact) mass is 247 g/mol. The van der Waals surface area contributed by atoms with Gasteiger partial charge in [0.25, 0.3) is 0 Å². The summed E-state index contributed by atoms with van der Waals surface area (Å²) in [7, 11) is 0. The molecule has 0 radical (unpaired) electrons. The van der Waals surface area contributed by atoms with Gasteiger partial charge in [-0.15, -0.1) is 11.3 Å². The van der Waals surface area contributed by atoms with Gasteiger partial charge in [0.05, 0.1) is 11.7 Å². The lowest BCUT2D eigenvalue weighted by atomic mass is 10.1. The van der Waals surface area contributed by atoms with Gasteiger partial charge in [0.1, 0.15) is 5.82 Å². The standard InChI is InChI=1S/C13H17N3S/c1-8-7-12(11(4)17-8)9(2)16-13-10(3)14-5-6-15-13/h5-7,9H,1-4H3,(H,15,16). The summed E-state index contributed by atoms with van der Waals surface area (Å²) in [5.74, 6) is 0.864. The van der Waals surface area contributed by atoms with Crippen LogP contribution in [-0.4, -0.2) is 9.97 Å². The van der Waals surface area contributed by atoms with Gasteiger partial charge in [0.2, 0.25) is 0 Å². The van der Waals surface area contributed by atoms with E-state index in [-0.39, 0.29) is 6.04 Å². The summed E-state index contributed by atoms with van der Waals surface area (Å²) < 4.78 is 0. The van der Waals surface area contributed by atoms with Crippen LogP contribution in [0.3, 0.4) is 0 Å². The van der Waals surface area contributed by atoms with Crippen molar-refractivity contribution in [3.05, 3.63) is 39.5 Å². The number of nitrogens with zero attached hydrogens (tertiary/aromatic N) is 2. The van der Waals surface area contributed by atoms with E-state index in [9.17, 15) is 0 Å². The SMILES string of the molecule is Cc1cc(C(C)Nc2nccnc2C)c(C)s1. The van der Waals surface area contributed by atoms with Crippen molar-refractivity contribution < 1.29 is 0 Å². The van der Waals surface area contributed by atoms with Crippen LogP contribution in [0, 0.1) is 20.8 Å². The Morgan fingerprint density at radius 2 is 1.88 bits per heavy atom. The highest BCUT2D eigenvalue weighted by Gasteiger charge is 2.12. The first-order valence-electron chi connectivity index (χ1n) is 5.69. The zero-order chi connectivity index (χ0) is 12.4. The highest BCUT2D eigenvalue weighted by molar-refractivity contribution is 7.12. The lowest BCUT2D eigenvalue weighted by Crippen LogP contribution is -2.09. The van der Waals surface area contributed by atoms with Crippen LogP contribution in [0.5, 0.6) is 0 Å². The summed E-state index contributed by atoms with van der Waals surface area (Å²) in [5.41, 5.74) is 2.28. The topological polar surface area (TPSA) is 37.8 Å². The van der Waals surface area contributed by atoms with Crippen LogP contribution in [0.25, 0.3) is 0 Å². The lowest BCUT2D eigenvalue weighted by molar-refractivity contribution is 0.863. The number of thiophene rings is 1. The van der Waals surface area contributed by atoms with Gasteiger partial charge in [-0.3, -0.25) is 4.98 Å². The number of hydrogen-bond donors (Lipinski definition) is 1. The Balaban J connectivity index is 2.20. The number of nitrogens with one attached hydrogen (secondary N) is 1. The summed E-state index contributed by atoms with van der Waals surface area (Å²) in [5, 5.41) is 3.41. The maximum Gasteiger partial charge on any atom is 0.147 e. The molecule has 0 aliphatic rings. The van der Waals surface area contributed by atoms with Crippen LogP contribution < -0.4 is 5.32 Å². The first-order valence-corrected chi connectivity index (χ1v) is 6.50. The number of aryl methyl sites for hydroxylation is 3. The highest BCUT2D eigenvalue weighted by Crippen LogP contribution is 2.28. The average Bonchev–Trinajstić information content (AvgIpc) is 2.61. The Bertz CT molecular complexity index is 519. The van der Waals surface area contributed by atoms with Crippen molar-refractivity contribution in [2.45, 2.75) is 33.7 Å². The zero-order valence-electron chi connectivity index (χ0n) is 10.6. The van der Waals surface area contributed by atoms with Crippen LogP contribution in [0.2, 0.25) is 0 Å². The van der Waals surface area contributed by atoms with Crippen LogP contribution in [0.4, 0.5) is 5.82 Å². The first-order chi connectivity index (χ1) is 8.08. The van der Waals surface area contributed by atoms with Crippen molar-refractivity contribution in [2.24, 2.45) is 0 Å². The second-order valence-corrected chi connectivity index (χ2v) is 5.69. The van der Waals surface area contributed by atoms with E-state index in [1.165, 1.54) is 15.3 Å². The van der Waals surface area contributed by atoms with Crippen molar-refractivity contribution in [2.75, 3.05) is 5.32 Å². The quantitative estimate of drug-likeness (QED) is 0.900. The number of aromatic nitrogens is 2. The van der Waals surface area contributed by atoms with Crippen LogP contribution in [0.1, 0.15) is 34.0 Å². The summed E-state index contributed by atoms with van der Waals surface area (Å²) in [6, 6.07) is 2.50. The van der Waals surface area contributed by atoms with E-state index in [1.807, 2.05) is 18.3 Å². The molecule has 0 saturated carbocycles. The van der Waals surface area contributed by atoms with Gasteiger partial charge < -0.3 is 5.32 Å². The molecule has 4 heteroatoms. The molecule has 2 heterocycles. The van der Waals surface area contributed by atoms with Crippen molar-refractivity contribution in [1.82, 2.24) is 9.97 Å². The number of anilines is 1. The largest absolute Gasteiger partial charge is 0.362 e. The maximum atomic E-state index is 4.31. The van der Waals surface area contributed by atoms with E-state index in [2.05, 4.69) is 42.1 Å². The molecule has 17 heavy (non-hydrogen) atoms. The van der Waals surface area contributed by atoms with Crippen molar-refractivity contribution in [1.29, 1.82) is 0 Å². The van der Waals surface area contributed by atoms with Gasteiger partial charge in [-0.1, -0.05) is 0 Å². The first kappa shape index (κ1) is 12.0. The van der Waals surface area contributed by atoms with Crippen molar-refractivity contribution in [3.63, 3.8) is 0 Å². The Labute approximate surface area is 106 Å². The molecule has 0 fully saturated rings. The number of rotatable bonds is 3. The van der Waals surface area contributed by atoms with Crippen molar-refractivity contribution in [3.8, 4) is 0 Å². The molecule has 2 aromatic heterocycles. The fraction of sp³-hybridized carbons (Fsp3) is 0.385. The molecule has 0 bridgehead atoms. The third-order valence-electron chi connectivity index (χ3n) is 2.78. The summed E-state index contributed by atoms with van der Waals surface area (Å²) in [4.78, 5) is 11.3. The summed E-state index contributed by atoms with van der Waals surface area (Å²) in [6.45, 7) is 8.42. The molecule has 0 aliphatic heterocycles. The smallest absolute Gasteiger partial charge is 0.147 e. The molecule has 0 aliphatic carbocycles. The Morgan fingerprint density at radius 3 is 2.47 bits per heavy atom. The third-order valence-corrected chi connectivity index (χ3v) is 3.76. The fourth-order valence-electron chi connectivity index (χ4n) is 1.91. The predicted molar refractivity (Wildman–Crippen MR) is 72.6 cm³/mol. The van der Waals surface area contributed by atoms with Gasteiger partial charge in [-0.2, -0.15) is 0 Å². The molecule has 90 valence electrons. The van der Waals surface area contributed by atoms with Crippen LogP contribution >= 0.6 is 11.3 Å². The number of hydrogen-bond acceptors (Lipinski definition) is 4. The van der Waals surface area contributed by atoms with E-state index >= 15 is 0 Å². The zero-order valence-corrected chi connectivity index (χ0v) is 11.4. The molecule has 2 aromatic rings. The molecule has 2 rings (SSSR count). The van der Waals surface area contributed by atoms with Crippen LogP contribution in [-0.2, 0) is 0 Å². The molecule has 0 spiro atoms.